The zero-order valence-corrected chi connectivity index (χ0v) is 9.19. The maximum Gasteiger partial charge on any atom is 0.226 e. The monoisotopic (exact) mass is 208 g/mol. The average Bonchev–Trinajstić information content (AvgIpc) is 3.04. The van der Waals surface area contributed by atoms with Gasteiger partial charge in [-0.2, -0.15) is 0 Å². The maximum atomic E-state index is 12.1. The Balaban J connectivity index is 1.73. The predicted molar refractivity (Wildman–Crippen MR) is 58.2 cm³/mol. The molecule has 0 radical (unpaired) electrons. The second-order valence-corrected chi connectivity index (χ2v) is 5.48. The lowest BCUT2D eigenvalue weighted by Gasteiger charge is -2.38. The lowest BCUT2D eigenvalue weighted by atomic mass is 9.90. The van der Waals surface area contributed by atoms with Gasteiger partial charge in [0.1, 0.15) is 0 Å². The molecule has 3 heteroatoms. The Labute approximate surface area is 91.0 Å². The molecule has 2 aliphatic heterocycles. The molecule has 2 saturated heterocycles. The highest BCUT2D eigenvalue weighted by Crippen LogP contribution is 2.42. The van der Waals surface area contributed by atoms with Gasteiger partial charge in [0.2, 0.25) is 5.91 Å². The van der Waals surface area contributed by atoms with Crippen LogP contribution < -0.4 is 5.73 Å². The van der Waals surface area contributed by atoms with Crippen molar-refractivity contribution in [3.63, 3.8) is 0 Å². The summed E-state index contributed by atoms with van der Waals surface area (Å²) in [5.41, 5.74) is 5.75. The van der Waals surface area contributed by atoms with Gasteiger partial charge in [0.05, 0.1) is 0 Å². The second kappa shape index (κ2) is 3.48. The first kappa shape index (κ1) is 9.64. The van der Waals surface area contributed by atoms with E-state index in [4.69, 9.17) is 5.73 Å². The van der Waals surface area contributed by atoms with Crippen LogP contribution in [0.25, 0.3) is 0 Å². The number of carbonyl (C=O) groups is 1. The van der Waals surface area contributed by atoms with Crippen molar-refractivity contribution in [3.05, 3.63) is 0 Å². The fraction of sp³-hybridized carbons (Fsp3) is 0.917. The van der Waals surface area contributed by atoms with Gasteiger partial charge in [-0.25, -0.2) is 0 Å². The van der Waals surface area contributed by atoms with Crippen molar-refractivity contribution in [3.8, 4) is 0 Å². The molecule has 3 nitrogen and oxygen atoms in total. The van der Waals surface area contributed by atoms with E-state index in [0.29, 0.717) is 29.8 Å². The van der Waals surface area contributed by atoms with Crippen LogP contribution in [-0.4, -0.2) is 29.4 Å². The Morgan fingerprint density at radius 1 is 1.13 bits per heavy atom. The van der Waals surface area contributed by atoms with Gasteiger partial charge in [-0.15, -0.1) is 0 Å². The summed E-state index contributed by atoms with van der Waals surface area (Å²) < 4.78 is 0. The Morgan fingerprint density at radius 3 is 2.20 bits per heavy atom. The molecule has 0 aromatic carbocycles. The normalized spacial score (nSPS) is 39.5. The minimum absolute atomic E-state index is 0.391. The molecule has 2 atom stereocenters. The zero-order valence-electron chi connectivity index (χ0n) is 9.19. The van der Waals surface area contributed by atoms with E-state index in [1.165, 1.54) is 12.8 Å². The van der Waals surface area contributed by atoms with Gasteiger partial charge in [0, 0.05) is 18.0 Å². The minimum Gasteiger partial charge on any atom is -0.336 e. The molecular formula is C12H20N2O. The molecule has 2 N–H and O–H groups in total. The smallest absolute Gasteiger partial charge is 0.226 e. The van der Waals surface area contributed by atoms with Crippen molar-refractivity contribution in [2.75, 3.05) is 6.54 Å². The zero-order chi connectivity index (χ0) is 10.4. The first-order chi connectivity index (χ1) is 7.29. The number of hydrogen-bond donors (Lipinski definition) is 1. The van der Waals surface area contributed by atoms with Gasteiger partial charge >= 0.3 is 0 Å². The van der Waals surface area contributed by atoms with E-state index in [1.807, 2.05) is 0 Å². The van der Waals surface area contributed by atoms with E-state index in [0.717, 1.165) is 32.2 Å². The fourth-order valence-corrected chi connectivity index (χ4v) is 3.38. The number of amides is 1. The van der Waals surface area contributed by atoms with Crippen molar-refractivity contribution in [2.45, 2.75) is 50.6 Å². The predicted octanol–water partition coefficient (Wildman–Crippen LogP) is 1.12. The summed E-state index contributed by atoms with van der Waals surface area (Å²) in [7, 11) is 0. The van der Waals surface area contributed by atoms with Gasteiger partial charge in [-0.3, -0.25) is 4.79 Å². The largest absolute Gasteiger partial charge is 0.336 e. The number of nitrogens with zero attached hydrogens (tertiary/aromatic N) is 1. The fourth-order valence-electron chi connectivity index (χ4n) is 3.38. The van der Waals surface area contributed by atoms with Crippen LogP contribution in [0.2, 0.25) is 0 Å². The second-order valence-electron chi connectivity index (χ2n) is 5.48. The molecule has 2 bridgehead atoms. The summed E-state index contributed by atoms with van der Waals surface area (Å²) in [5, 5.41) is 0. The summed E-state index contributed by atoms with van der Waals surface area (Å²) in [6.07, 6.45) is 7.03. The van der Waals surface area contributed by atoms with E-state index in [1.54, 1.807) is 0 Å². The summed E-state index contributed by atoms with van der Waals surface area (Å²) in [6.45, 7) is 0.804. The number of hydrogen-bond acceptors (Lipinski definition) is 2. The number of rotatable bonds is 2. The van der Waals surface area contributed by atoms with Crippen LogP contribution >= 0.6 is 0 Å². The topological polar surface area (TPSA) is 46.3 Å². The molecule has 2 heterocycles. The van der Waals surface area contributed by atoms with Crippen LogP contribution in [0, 0.1) is 11.8 Å². The van der Waals surface area contributed by atoms with Crippen molar-refractivity contribution in [1.82, 2.24) is 4.90 Å². The lowest BCUT2D eigenvalue weighted by Crippen LogP contribution is -2.48. The first-order valence-electron chi connectivity index (χ1n) is 6.32. The summed E-state index contributed by atoms with van der Waals surface area (Å²) in [5.74, 6) is 1.52. The van der Waals surface area contributed by atoms with E-state index >= 15 is 0 Å². The third-order valence-electron chi connectivity index (χ3n) is 4.35. The van der Waals surface area contributed by atoms with Crippen LogP contribution in [-0.2, 0) is 4.79 Å². The van der Waals surface area contributed by atoms with Gasteiger partial charge in [-0.1, -0.05) is 0 Å². The Kier molecular flexibility index (Phi) is 2.23. The van der Waals surface area contributed by atoms with Crippen molar-refractivity contribution >= 4 is 5.91 Å². The molecule has 2 unspecified atom stereocenters. The molecule has 3 rings (SSSR count). The molecule has 1 aliphatic carbocycles. The Hall–Kier alpha value is -0.570. The standard InChI is InChI=1S/C12H20N2O/c13-7-8-5-10-3-4-11(6-8)14(10)12(15)9-1-2-9/h8-11H,1-7,13H2. The molecule has 1 amide bonds. The highest BCUT2D eigenvalue weighted by molar-refractivity contribution is 5.82. The molecule has 0 spiro atoms. The first-order valence-corrected chi connectivity index (χ1v) is 6.32. The summed E-state index contributed by atoms with van der Waals surface area (Å²) >= 11 is 0. The number of piperidine rings is 1. The lowest BCUT2D eigenvalue weighted by molar-refractivity contribution is -0.137. The van der Waals surface area contributed by atoms with E-state index < -0.39 is 0 Å². The minimum atomic E-state index is 0.391. The van der Waals surface area contributed by atoms with Crippen LogP contribution in [0.4, 0.5) is 0 Å². The quantitative estimate of drug-likeness (QED) is 0.739. The Morgan fingerprint density at radius 2 is 1.73 bits per heavy atom. The third-order valence-corrected chi connectivity index (χ3v) is 4.35. The van der Waals surface area contributed by atoms with E-state index in [-0.39, 0.29) is 0 Å². The maximum absolute atomic E-state index is 12.1. The highest BCUT2D eigenvalue weighted by Gasteiger charge is 2.46. The van der Waals surface area contributed by atoms with Crippen molar-refractivity contribution in [1.29, 1.82) is 0 Å². The van der Waals surface area contributed by atoms with Crippen LogP contribution in [0.15, 0.2) is 0 Å². The molecule has 0 aromatic rings. The van der Waals surface area contributed by atoms with Gasteiger partial charge in [0.25, 0.3) is 0 Å². The van der Waals surface area contributed by atoms with Crippen molar-refractivity contribution in [2.24, 2.45) is 17.6 Å². The molecule has 15 heavy (non-hydrogen) atoms. The molecule has 84 valence electrons. The van der Waals surface area contributed by atoms with Crippen LogP contribution in [0.5, 0.6) is 0 Å². The summed E-state index contributed by atoms with van der Waals surface area (Å²) in [4.78, 5) is 14.3. The molecule has 1 saturated carbocycles. The van der Waals surface area contributed by atoms with Gasteiger partial charge in [0.15, 0.2) is 0 Å². The molecule has 3 aliphatic rings. The number of fused-ring (bicyclic) bond motifs is 2. The third kappa shape index (κ3) is 1.57. The van der Waals surface area contributed by atoms with Crippen molar-refractivity contribution < 1.29 is 4.79 Å². The number of carbonyl (C=O) groups excluding carboxylic acids is 1. The van der Waals surface area contributed by atoms with E-state index in [9.17, 15) is 4.79 Å². The van der Waals surface area contributed by atoms with Gasteiger partial charge in [-0.05, 0) is 51.0 Å². The molecule has 3 fully saturated rings. The Bertz CT molecular complexity index is 261. The van der Waals surface area contributed by atoms with E-state index in [2.05, 4.69) is 4.90 Å². The molecular weight excluding hydrogens is 188 g/mol. The highest BCUT2D eigenvalue weighted by atomic mass is 16.2. The van der Waals surface area contributed by atoms with Crippen LogP contribution in [0.1, 0.15) is 38.5 Å². The SMILES string of the molecule is NCC1CC2CCC(C1)N2C(=O)C1CC1. The average molecular weight is 208 g/mol. The molecule has 0 aromatic heterocycles. The van der Waals surface area contributed by atoms with Gasteiger partial charge < -0.3 is 10.6 Å². The summed E-state index contributed by atoms with van der Waals surface area (Å²) in [6, 6.07) is 1.07. The van der Waals surface area contributed by atoms with Crippen LogP contribution in [0.3, 0.4) is 0 Å². The number of nitrogens with two attached hydrogens (primary N) is 1.